The molecule has 0 bridgehead atoms. The highest BCUT2D eigenvalue weighted by molar-refractivity contribution is 6.01. The largest absolute Gasteiger partial charge is 0.462 e. The Balaban J connectivity index is 1.68. The summed E-state index contributed by atoms with van der Waals surface area (Å²) in [6.07, 6.45) is 14.6. The Hall–Kier alpha value is -1.64. The lowest BCUT2D eigenvalue weighted by atomic mass is 9.50. The first kappa shape index (κ1) is 15.9. The predicted molar refractivity (Wildman–Crippen MR) is 92.1 cm³/mol. The van der Waals surface area contributed by atoms with Crippen LogP contribution in [0.15, 0.2) is 36.0 Å². The van der Waals surface area contributed by atoms with Crippen LogP contribution in [0.3, 0.4) is 0 Å². The first-order chi connectivity index (χ1) is 11.3. The third-order valence-corrected chi connectivity index (χ3v) is 7.34. The average Bonchev–Trinajstić information content (AvgIpc) is 2.84. The van der Waals surface area contributed by atoms with Crippen LogP contribution >= 0.6 is 0 Å². The molecular weight excluding hydrogens is 300 g/mol. The number of carbonyl (C=O) groups is 2. The molecular formula is C21H26O3. The number of esters is 1. The van der Waals surface area contributed by atoms with Crippen molar-refractivity contribution >= 4 is 11.8 Å². The van der Waals surface area contributed by atoms with Crippen molar-refractivity contribution in [2.24, 2.45) is 28.6 Å². The third-order valence-electron chi connectivity index (χ3n) is 7.34. The van der Waals surface area contributed by atoms with Crippen LogP contribution in [0.4, 0.5) is 0 Å². The normalized spacial score (nSPS) is 46.0. The van der Waals surface area contributed by atoms with Crippen molar-refractivity contribution in [2.45, 2.75) is 52.6 Å². The van der Waals surface area contributed by atoms with Crippen molar-refractivity contribution in [3.63, 3.8) is 0 Å². The van der Waals surface area contributed by atoms with Crippen molar-refractivity contribution in [2.75, 3.05) is 0 Å². The third kappa shape index (κ3) is 2.09. The second kappa shape index (κ2) is 5.18. The van der Waals surface area contributed by atoms with E-state index in [9.17, 15) is 9.59 Å². The van der Waals surface area contributed by atoms with Crippen molar-refractivity contribution in [3.05, 3.63) is 36.0 Å². The van der Waals surface area contributed by atoms with Crippen LogP contribution in [-0.2, 0) is 14.3 Å². The van der Waals surface area contributed by atoms with Crippen molar-refractivity contribution in [3.8, 4) is 0 Å². The summed E-state index contributed by atoms with van der Waals surface area (Å²) in [5.74, 6) is 1.54. The van der Waals surface area contributed by atoms with E-state index in [1.54, 1.807) is 12.2 Å². The fourth-order valence-corrected chi connectivity index (χ4v) is 6.00. The minimum atomic E-state index is -0.158. The number of ether oxygens (including phenoxy) is 1. The summed E-state index contributed by atoms with van der Waals surface area (Å²) < 4.78 is 5.68. The van der Waals surface area contributed by atoms with E-state index in [-0.39, 0.29) is 28.7 Å². The van der Waals surface area contributed by atoms with E-state index in [1.807, 2.05) is 0 Å². The van der Waals surface area contributed by atoms with Gasteiger partial charge in [0.05, 0.1) is 0 Å². The molecule has 0 aromatic heterocycles. The Labute approximate surface area is 143 Å². The van der Waals surface area contributed by atoms with Gasteiger partial charge >= 0.3 is 5.97 Å². The molecule has 6 atom stereocenters. The van der Waals surface area contributed by atoms with Gasteiger partial charge in [-0.25, -0.2) is 0 Å². The van der Waals surface area contributed by atoms with Gasteiger partial charge in [0.25, 0.3) is 0 Å². The number of fused-ring (bicyclic) bond motifs is 5. The number of allylic oxidation sites excluding steroid dienone is 6. The van der Waals surface area contributed by atoms with Crippen LogP contribution in [0.2, 0.25) is 0 Å². The molecule has 0 amide bonds. The summed E-state index contributed by atoms with van der Waals surface area (Å²) in [5.41, 5.74) is 1.21. The molecule has 0 N–H and O–H groups in total. The number of ketones is 1. The maximum absolute atomic E-state index is 11.8. The van der Waals surface area contributed by atoms with Crippen LogP contribution < -0.4 is 0 Å². The van der Waals surface area contributed by atoms with E-state index in [0.717, 1.165) is 31.3 Å². The fourth-order valence-electron chi connectivity index (χ4n) is 6.00. The number of hydrogen-bond donors (Lipinski definition) is 0. The second-order valence-corrected chi connectivity index (χ2v) is 8.49. The minimum absolute atomic E-state index is 0.0336. The molecule has 128 valence electrons. The van der Waals surface area contributed by atoms with Gasteiger partial charge < -0.3 is 4.74 Å². The van der Waals surface area contributed by atoms with Crippen molar-refractivity contribution < 1.29 is 14.3 Å². The highest BCUT2D eigenvalue weighted by Gasteiger charge is 2.58. The lowest BCUT2D eigenvalue weighted by molar-refractivity contribution is -0.155. The quantitative estimate of drug-likeness (QED) is 0.684. The summed E-state index contributed by atoms with van der Waals surface area (Å²) in [6, 6.07) is 0. The first-order valence-electron chi connectivity index (χ1n) is 9.15. The van der Waals surface area contributed by atoms with E-state index in [1.165, 1.54) is 6.92 Å². The minimum Gasteiger partial charge on any atom is -0.462 e. The lowest BCUT2D eigenvalue weighted by Crippen LogP contribution is -2.49. The maximum atomic E-state index is 11.8. The van der Waals surface area contributed by atoms with E-state index in [0.29, 0.717) is 17.8 Å². The van der Waals surface area contributed by atoms with E-state index < -0.39 is 0 Å². The Morgan fingerprint density at radius 2 is 1.96 bits per heavy atom. The molecule has 0 saturated heterocycles. The summed E-state index contributed by atoms with van der Waals surface area (Å²) >= 11 is 0. The van der Waals surface area contributed by atoms with Gasteiger partial charge in [0.15, 0.2) is 5.78 Å². The van der Waals surface area contributed by atoms with Gasteiger partial charge in [0.2, 0.25) is 0 Å². The fraction of sp³-hybridized carbons (Fsp3) is 0.619. The monoisotopic (exact) mass is 326 g/mol. The molecule has 4 aliphatic rings. The summed E-state index contributed by atoms with van der Waals surface area (Å²) in [5, 5.41) is 0. The van der Waals surface area contributed by atoms with Crippen LogP contribution in [-0.4, -0.2) is 17.9 Å². The molecule has 0 unspecified atom stereocenters. The van der Waals surface area contributed by atoms with Gasteiger partial charge in [-0.2, -0.15) is 0 Å². The highest BCUT2D eigenvalue weighted by Crippen LogP contribution is 2.63. The Kier molecular flexibility index (Phi) is 3.42. The molecule has 3 nitrogen and oxygen atoms in total. The molecule has 0 aromatic rings. The molecule has 4 aliphatic carbocycles. The second-order valence-electron chi connectivity index (χ2n) is 8.49. The van der Waals surface area contributed by atoms with Crippen molar-refractivity contribution in [1.82, 2.24) is 0 Å². The van der Waals surface area contributed by atoms with Crippen LogP contribution in [0.1, 0.15) is 46.5 Å². The standard InChI is InChI=1S/C21H26O3/c1-13(22)24-19-7-6-17-16-5-4-14-12-15(23)8-10-20(14,2)18(16)9-11-21(17,19)3/h4-5,8,10,12,16-19H,6-7,9,11H2,1-3H3/t16-,17-,18-,19-,20-,21+/m1/s1. The molecule has 0 heterocycles. The average molecular weight is 326 g/mol. The van der Waals surface area contributed by atoms with Gasteiger partial charge in [-0.1, -0.05) is 32.1 Å². The highest BCUT2D eigenvalue weighted by atomic mass is 16.5. The summed E-state index contributed by atoms with van der Waals surface area (Å²) in [7, 11) is 0. The number of carbonyl (C=O) groups excluding carboxylic acids is 2. The Bertz CT molecular complexity index is 685. The zero-order chi connectivity index (χ0) is 17.1. The zero-order valence-corrected chi connectivity index (χ0v) is 14.7. The van der Waals surface area contributed by atoms with E-state index >= 15 is 0 Å². The first-order valence-corrected chi connectivity index (χ1v) is 9.15. The van der Waals surface area contributed by atoms with Gasteiger partial charge in [-0.15, -0.1) is 0 Å². The molecule has 2 saturated carbocycles. The summed E-state index contributed by atoms with van der Waals surface area (Å²) in [4.78, 5) is 23.2. The Morgan fingerprint density at radius 1 is 1.17 bits per heavy atom. The SMILES string of the molecule is CC(=O)O[C@@H]1CC[C@@H]2[C@H]3C=CC4=CC(=O)C=C[C@@]4(C)[C@@H]3CC[C@@]21C. The molecule has 0 aliphatic heterocycles. The topological polar surface area (TPSA) is 43.4 Å². The predicted octanol–water partition coefficient (Wildman–Crippen LogP) is 4.00. The summed E-state index contributed by atoms with van der Waals surface area (Å²) in [6.45, 7) is 6.12. The smallest absolute Gasteiger partial charge is 0.302 e. The Morgan fingerprint density at radius 3 is 2.71 bits per heavy atom. The van der Waals surface area contributed by atoms with Gasteiger partial charge in [-0.3, -0.25) is 9.59 Å². The molecule has 3 heteroatoms. The van der Waals surface area contributed by atoms with Gasteiger partial charge in [0.1, 0.15) is 6.10 Å². The van der Waals surface area contributed by atoms with E-state index in [2.05, 4.69) is 32.1 Å². The molecule has 2 fully saturated rings. The van der Waals surface area contributed by atoms with Crippen LogP contribution in [0.5, 0.6) is 0 Å². The molecule has 4 rings (SSSR count). The molecule has 0 spiro atoms. The number of hydrogen-bond acceptors (Lipinski definition) is 3. The molecule has 24 heavy (non-hydrogen) atoms. The van der Waals surface area contributed by atoms with Gasteiger partial charge in [0, 0.05) is 17.8 Å². The maximum Gasteiger partial charge on any atom is 0.302 e. The van der Waals surface area contributed by atoms with Gasteiger partial charge in [-0.05, 0) is 61.2 Å². The number of rotatable bonds is 1. The molecule has 0 radical (unpaired) electrons. The zero-order valence-electron chi connectivity index (χ0n) is 14.7. The van der Waals surface area contributed by atoms with Crippen molar-refractivity contribution in [1.29, 1.82) is 0 Å². The lowest BCUT2D eigenvalue weighted by Gasteiger charge is -2.54. The van der Waals surface area contributed by atoms with Crippen LogP contribution in [0.25, 0.3) is 0 Å². The molecule has 0 aromatic carbocycles. The van der Waals surface area contributed by atoms with E-state index in [4.69, 9.17) is 4.74 Å². The van der Waals surface area contributed by atoms with Crippen LogP contribution in [0, 0.1) is 28.6 Å².